The van der Waals surface area contributed by atoms with E-state index in [-0.39, 0.29) is 19.6 Å². The zero-order valence-electron chi connectivity index (χ0n) is 19.7. The third kappa shape index (κ3) is 4.04. The minimum atomic E-state index is -0.513. The van der Waals surface area contributed by atoms with E-state index in [1.165, 1.54) is 29.2 Å². The molecule has 1 aliphatic rings. The molecule has 0 fully saturated rings. The molecule has 0 bridgehead atoms. The van der Waals surface area contributed by atoms with Crippen molar-refractivity contribution in [1.82, 2.24) is 0 Å². The Morgan fingerprint density at radius 2 is 1.11 bits per heavy atom. The Hall–Kier alpha value is -4.09. The lowest BCUT2D eigenvalue weighted by Crippen LogP contribution is -2.28. The molecule has 4 aromatic carbocycles. The first-order valence-corrected chi connectivity index (χ1v) is 11.4. The van der Waals surface area contributed by atoms with Crippen molar-refractivity contribution in [1.29, 1.82) is 0 Å². The van der Waals surface area contributed by atoms with Gasteiger partial charge in [0.15, 0.2) is 6.79 Å². The molecule has 0 atom stereocenters. The molecule has 0 N–H and O–H groups in total. The molecule has 4 aromatic rings. The van der Waals surface area contributed by atoms with Crippen LogP contribution in [0.2, 0.25) is 0 Å². The number of hydrogen-bond donors (Lipinski definition) is 0. The van der Waals surface area contributed by atoms with Crippen LogP contribution in [-0.4, -0.2) is 26.7 Å². The molecule has 5 rings (SSSR count). The molecule has 0 spiro atoms. The number of hydrogen-bond acceptors (Lipinski definition) is 5. The van der Waals surface area contributed by atoms with Crippen LogP contribution in [0.25, 0.3) is 11.1 Å². The summed E-state index contributed by atoms with van der Waals surface area (Å²) in [4.78, 5) is 11.1. The maximum Gasteiger partial charge on any atom is 0.305 e. The summed E-state index contributed by atoms with van der Waals surface area (Å²) in [5.74, 6) is 1.00. The van der Waals surface area contributed by atoms with Crippen molar-refractivity contribution in [3.8, 4) is 22.6 Å². The number of carbonyl (C=O) groups is 1. The van der Waals surface area contributed by atoms with Crippen LogP contribution in [0.1, 0.15) is 29.2 Å². The van der Waals surface area contributed by atoms with Gasteiger partial charge < -0.3 is 18.9 Å². The molecule has 0 saturated heterocycles. The van der Waals surface area contributed by atoms with Crippen LogP contribution >= 0.6 is 0 Å². The molecular formula is C30H26O5. The number of ether oxygens (including phenoxy) is 4. The second-order valence-corrected chi connectivity index (χ2v) is 8.34. The minimum absolute atomic E-state index is 0.117. The Morgan fingerprint density at radius 1 is 0.657 bits per heavy atom. The Balaban J connectivity index is 1.65. The highest BCUT2D eigenvalue weighted by Crippen LogP contribution is 2.56. The van der Waals surface area contributed by atoms with Crippen molar-refractivity contribution in [3.05, 3.63) is 119 Å². The fraction of sp³-hybridized carbons (Fsp3) is 0.167. The van der Waals surface area contributed by atoms with E-state index in [2.05, 4.69) is 72.8 Å². The fourth-order valence-corrected chi connectivity index (χ4v) is 4.93. The third-order valence-electron chi connectivity index (χ3n) is 6.36. The molecule has 0 aromatic heterocycles. The third-order valence-corrected chi connectivity index (χ3v) is 6.36. The van der Waals surface area contributed by atoms with Crippen LogP contribution in [-0.2, 0) is 19.7 Å². The normalized spacial score (nSPS) is 13.0. The van der Waals surface area contributed by atoms with E-state index in [9.17, 15) is 4.79 Å². The predicted molar refractivity (Wildman–Crippen MR) is 134 cm³/mol. The summed E-state index contributed by atoms with van der Waals surface area (Å²) in [5, 5.41) is 0. The standard InChI is InChI=1S/C30H26O5/c1-21(31)33-20-35-25-17-13-23(14-18-25)30(22-11-15-24(16-12-22)34-19-32-2)28-9-5-3-7-26(28)27-8-4-6-10-29(27)30/h3-18H,19-20H2,1-2H3. The van der Waals surface area contributed by atoms with Gasteiger partial charge in [0.2, 0.25) is 6.79 Å². The Labute approximate surface area is 204 Å². The van der Waals surface area contributed by atoms with Crippen LogP contribution in [0.4, 0.5) is 0 Å². The monoisotopic (exact) mass is 466 g/mol. The fourth-order valence-electron chi connectivity index (χ4n) is 4.93. The van der Waals surface area contributed by atoms with E-state index >= 15 is 0 Å². The Morgan fingerprint density at radius 3 is 1.57 bits per heavy atom. The van der Waals surface area contributed by atoms with Crippen molar-refractivity contribution in [2.24, 2.45) is 0 Å². The van der Waals surface area contributed by atoms with Gasteiger partial charge in [0.25, 0.3) is 0 Å². The van der Waals surface area contributed by atoms with E-state index in [0.29, 0.717) is 5.75 Å². The van der Waals surface area contributed by atoms with Crippen molar-refractivity contribution in [2.45, 2.75) is 12.3 Å². The highest BCUT2D eigenvalue weighted by Gasteiger charge is 2.45. The van der Waals surface area contributed by atoms with Gasteiger partial charge in [-0.3, -0.25) is 4.79 Å². The Bertz CT molecular complexity index is 1280. The largest absolute Gasteiger partial charge is 0.468 e. The molecule has 5 heteroatoms. The van der Waals surface area contributed by atoms with E-state index in [1.54, 1.807) is 7.11 Å². The average molecular weight is 467 g/mol. The number of fused-ring (bicyclic) bond motifs is 3. The second kappa shape index (κ2) is 9.65. The van der Waals surface area contributed by atoms with Gasteiger partial charge in [-0.05, 0) is 57.6 Å². The molecule has 35 heavy (non-hydrogen) atoms. The molecule has 1 aliphatic carbocycles. The van der Waals surface area contributed by atoms with Gasteiger partial charge in [-0.25, -0.2) is 0 Å². The van der Waals surface area contributed by atoms with Crippen LogP contribution < -0.4 is 9.47 Å². The summed E-state index contributed by atoms with van der Waals surface area (Å²) in [6.45, 7) is 1.44. The average Bonchev–Trinajstić information content (AvgIpc) is 3.19. The first kappa shape index (κ1) is 22.7. The first-order chi connectivity index (χ1) is 17.1. The predicted octanol–water partition coefficient (Wildman–Crippen LogP) is 5.93. The molecular weight excluding hydrogens is 440 g/mol. The van der Waals surface area contributed by atoms with Crippen molar-refractivity contribution in [3.63, 3.8) is 0 Å². The second-order valence-electron chi connectivity index (χ2n) is 8.34. The van der Waals surface area contributed by atoms with Crippen LogP contribution in [0.5, 0.6) is 11.5 Å². The van der Waals surface area contributed by atoms with E-state index in [4.69, 9.17) is 18.9 Å². The zero-order chi connectivity index (χ0) is 24.3. The first-order valence-electron chi connectivity index (χ1n) is 11.4. The lowest BCUT2D eigenvalue weighted by atomic mass is 9.68. The van der Waals surface area contributed by atoms with Gasteiger partial charge in [0, 0.05) is 14.0 Å². The zero-order valence-corrected chi connectivity index (χ0v) is 19.7. The number of carbonyl (C=O) groups excluding carboxylic acids is 1. The lowest BCUT2D eigenvalue weighted by Gasteiger charge is -2.34. The maximum absolute atomic E-state index is 11.1. The van der Waals surface area contributed by atoms with Crippen molar-refractivity contribution >= 4 is 5.97 Å². The number of rotatable bonds is 8. The van der Waals surface area contributed by atoms with Crippen molar-refractivity contribution in [2.75, 3.05) is 20.7 Å². The highest BCUT2D eigenvalue weighted by atomic mass is 16.7. The molecule has 5 nitrogen and oxygen atoms in total. The van der Waals surface area contributed by atoms with E-state index in [1.807, 2.05) is 24.3 Å². The van der Waals surface area contributed by atoms with E-state index in [0.717, 1.165) is 16.9 Å². The van der Waals surface area contributed by atoms with Gasteiger partial charge >= 0.3 is 5.97 Å². The van der Waals surface area contributed by atoms with Crippen LogP contribution in [0.15, 0.2) is 97.1 Å². The summed E-state index contributed by atoms with van der Waals surface area (Å²) in [6.07, 6.45) is 0. The molecule has 0 aliphatic heterocycles. The summed E-state index contributed by atoms with van der Waals surface area (Å²) in [6, 6.07) is 33.3. The molecule has 0 heterocycles. The quantitative estimate of drug-likeness (QED) is 0.210. The number of esters is 1. The van der Waals surface area contributed by atoms with Gasteiger partial charge in [0.05, 0.1) is 5.41 Å². The van der Waals surface area contributed by atoms with Crippen LogP contribution in [0, 0.1) is 0 Å². The van der Waals surface area contributed by atoms with Gasteiger partial charge in [-0.1, -0.05) is 72.8 Å². The maximum atomic E-state index is 11.1. The lowest BCUT2D eigenvalue weighted by molar-refractivity contribution is -0.147. The van der Waals surface area contributed by atoms with Crippen molar-refractivity contribution < 1.29 is 23.7 Å². The smallest absolute Gasteiger partial charge is 0.305 e. The number of methoxy groups -OCH3 is 1. The summed E-state index contributed by atoms with van der Waals surface area (Å²) < 4.78 is 21.2. The summed E-state index contributed by atoms with van der Waals surface area (Å²) in [7, 11) is 1.61. The number of benzene rings is 4. The molecule has 0 radical (unpaired) electrons. The highest BCUT2D eigenvalue weighted by molar-refractivity contribution is 5.86. The molecule has 0 unspecified atom stereocenters. The topological polar surface area (TPSA) is 54.0 Å². The van der Waals surface area contributed by atoms with Gasteiger partial charge in [-0.15, -0.1) is 0 Å². The van der Waals surface area contributed by atoms with Gasteiger partial charge in [-0.2, -0.15) is 0 Å². The van der Waals surface area contributed by atoms with E-state index < -0.39 is 5.41 Å². The molecule has 176 valence electrons. The summed E-state index contributed by atoms with van der Waals surface area (Å²) >= 11 is 0. The molecule has 0 amide bonds. The minimum Gasteiger partial charge on any atom is -0.468 e. The SMILES string of the molecule is COCOc1ccc(C2(c3ccc(OCOC(C)=O)cc3)c3ccccc3-c3ccccc32)cc1. The summed E-state index contributed by atoms with van der Waals surface area (Å²) in [5.41, 5.74) is 6.62. The van der Waals surface area contributed by atoms with Crippen LogP contribution in [0.3, 0.4) is 0 Å². The van der Waals surface area contributed by atoms with Gasteiger partial charge in [0.1, 0.15) is 11.5 Å². The Kier molecular flexibility index (Phi) is 6.25. The molecule has 0 saturated carbocycles.